The lowest BCUT2D eigenvalue weighted by Crippen LogP contribution is -2.04. The Hall–Kier alpha value is -1.45. The zero-order valence-electron chi connectivity index (χ0n) is 10.2. The Balaban J connectivity index is 2.46. The van der Waals surface area contributed by atoms with Crippen molar-refractivity contribution in [2.75, 3.05) is 19.5 Å². The van der Waals surface area contributed by atoms with Gasteiger partial charge in [0, 0.05) is 6.07 Å². The van der Waals surface area contributed by atoms with E-state index in [0.717, 1.165) is 12.8 Å². The summed E-state index contributed by atoms with van der Waals surface area (Å²) < 4.78 is 10.5. The van der Waals surface area contributed by atoms with Gasteiger partial charge in [-0.25, -0.2) is 0 Å². The van der Waals surface area contributed by atoms with E-state index in [2.05, 4.69) is 18.8 Å². The third-order valence-electron chi connectivity index (χ3n) is 2.24. The molecular formula is C12H20N2O2. The van der Waals surface area contributed by atoms with Crippen LogP contribution in [-0.4, -0.2) is 18.7 Å². The average molecular weight is 224 g/mol. The average Bonchev–Trinajstić information content (AvgIpc) is 2.26. The van der Waals surface area contributed by atoms with Crippen LogP contribution < -0.4 is 15.2 Å². The number of ether oxygens (including phenoxy) is 2. The molecule has 0 amide bonds. The molecule has 0 aromatic carbocycles. The third-order valence-corrected chi connectivity index (χ3v) is 2.24. The Morgan fingerprint density at radius 2 is 2.12 bits per heavy atom. The molecule has 0 spiro atoms. The molecule has 0 fully saturated rings. The second-order valence-electron chi connectivity index (χ2n) is 4.13. The fourth-order valence-electron chi connectivity index (χ4n) is 1.32. The molecule has 1 aromatic heterocycles. The van der Waals surface area contributed by atoms with Crippen LogP contribution in [0.3, 0.4) is 0 Å². The van der Waals surface area contributed by atoms with Crippen LogP contribution in [0.15, 0.2) is 12.1 Å². The van der Waals surface area contributed by atoms with E-state index in [9.17, 15) is 0 Å². The molecule has 0 saturated carbocycles. The van der Waals surface area contributed by atoms with E-state index in [1.54, 1.807) is 19.2 Å². The molecule has 4 heteroatoms. The van der Waals surface area contributed by atoms with Gasteiger partial charge in [-0.2, -0.15) is 4.98 Å². The summed E-state index contributed by atoms with van der Waals surface area (Å²) in [5, 5.41) is 0. The molecule has 0 radical (unpaired) electrons. The monoisotopic (exact) mass is 224 g/mol. The number of rotatable bonds is 6. The van der Waals surface area contributed by atoms with Crippen molar-refractivity contribution in [2.24, 2.45) is 5.92 Å². The molecule has 0 atom stereocenters. The summed E-state index contributed by atoms with van der Waals surface area (Å²) in [6, 6.07) is 3.46. The molecule has 0 saturated heterocycles. The summed E-state index contributed by atoms with van der Waals surface area (Å²) in [4.78, 5) is 4.14. The van der Waals surface area contributed by atoms with Gasteiger partial charge in [0.15, 0.2) is 0 Å². The maximum atomic E-state index is 5.74. The molecule has 0 unspecified atom stereocenters. The third kappa shape index (κ3) is 3.96. The van der Waals surface area contributed by atoms with Crippen LogP contribution in [0.5, 0.6) is 11.8 Å². The highest BCUT2D eigenvalue weighted by atomic mass is 16.5. The molecule has 2 N–H and O–H groups in total. The largest absolute Gasteiger partial charge is 0.481 e. The van der Waals surface area contributed by atoms with Crippen LogP contribution in [-0.2, 0) is 0 Å². The minimum atomic E-state index is 0.461. The van der Waals surface area contributed by atoms with E-state index >= 15 is 0 Å². The van der Waals surface area contributed by atoms with Gasteiger partial charge in [0.1, 0.15) is 0 Å². The van der Waals surface area contributed by atoms with E-state index in [4.69, 9.17) is 15.2 Å². The molecule has 0 aliphatic carbocycles. The van der Waals surface area contributed by atoms with Crippen LogP contribution in [0.2, 0.25) is 0 Å². The zero-order valence-corrected chi connectivity index (χ0v) is 10.2. The van der Waals surface area contributed by atoms with Gasteiger partial charge in [-0.1, -0.05) is 13.8 Å². The first-order valence-corrected chi connectivity index (χ1v) is 5.56. The Kier molecular flexibility index (Phi) is 4.89. The first-order chi connectivity index (χ1) is 7.63. The van der Waals surface area contributed by atoms with E-state index in [-0.39, 0.29) is 0 Å². The highest BCUT2D eigenvalue weighted by Gasteiger charge is 2.04. The highest BCUT2D eigenvalue weighted by molar-refractivity contribution is 5.49. The van der Waals surface area contributed by atoms with Crippen molar-refractivity contribution in [3.8, 4) is 11.8 Å². The number of methoxy groups -OCH3 is 1. The lowest BCUT2D eigenvalue weighted by atomic mass is 10.1. The predicted molar refractivity (Wildman–Crippen MR) is 64.8 cm³/mol. The quantitative estimate of drug-likeness (QED) is 0.754. The minimum absolute atomic E-state index is 0.461. The molecule has 90 valence electrons. The van der Waals surface area contributed by atoms with Crippen molar-refractivity contribution < 1.29 is 9.47 Å². The van der Waals surface area contributed by atoms with Crippen LogP contribution in [0.1, 0.15) is 26.7 Å². The number of pyridine rings is 1. The molecule has 0 aliphatic heterocycles. The molecule has 4 nitrogen and oxygen atoms in total. The van der Waals surface area contributed by atoms with Gasteiger partial charge in [-0.3, -0.25) is 0 Å². The van der Waals surface area contributed by atoms with E-state index in [1.165, 1.54) is 0 Å². The van der Waals surface area contributed by atoms with Crippen LogP contribution in [0, 0.1) is 5.92 Å². The van der Waals surface area contributed by atoms with Crippen molar-refractivity contribution >= 4 is 5.69 Å². The van der Waals surface area contributed by atoms with Crippen molar-refractivity contribution in [3.63, 3.8) is 0 Å². The van der Waals surface area contributed by atoms with E-state index < -0.39 is 0 Å². The Morgan fingerprint density at radius 3 is 2.75 bits per heavy atom. The molecule has 1 heterocycles. The Morgan fingerprint density at radius 1 is 1.38 bits per heavy atom. The van der Waals surface area contributed by atoms with Gasteiger partial charge < -0.3 is 15.2 Å². The zero-order chi connectivity index (χ0) is 12.0. The maximum absolute atomic E-state index is 5.74. The molecular weight excluding hydrogens is 204 g/mol. The van der Waals surface area contributed by atoms with Crippen LogP contribution in [0.4, 0.5) is 5.69 Å². The number of hydrogen-bond acceptors (Lipinski definition) is 4. The number of nitrogens with zero attached hydrogens (tertiary/aromatic N) is 1. The SMILES string of the molecule is COc1ccc(N)c(OCCCC(C)C)n1. The van der Waals surface area contributed by atoms with Crippen LogP contribution in [0.25, 0.3) is 0 Å². The van der Waals surface area contributed by atoms with Gasteiger partial charge in [-0.15, -0.1) is 0 Å². The number of anilines is 1. The predicted octanol–water partition coefficient (Wildman–Crippen LogP) is 2.49. The maximum Gasteiger partial charge on any atom is 0.240 e. The lowest BCUT2D eigenvalue weighted by molar-refractivity contribution is 0.283. The Labute approximate surface area is 96.8 Å². The second-order valence-corrected chi connectivity index (χ2v) is 4.13. The first-order valence-electron chi connectivity index (χ1n) is 5.56. The fraction of sp³-hybridized carbons (Fsp3) is 0.583. The molecule has 1 aromatic rings. The smallest absolute Gasteiger partial charge is 0.240 e. The standard InChI is InChI=1S/C12H20N2O2/c1-9(2)5-4-8-16-12-10(13)6-7-11(14-12)15-3/h6-7,9H,4-5,8,13H2,1-3H3. The van der Waals surface area contributed by atoms with Crippen molar-refractivity contribution in [1.82, 2.24) is 4.98 Å². The highest BCUT2D eigenvalue weighted by Crippen LogP contribution is 2.22. The number of aromatic nitrogens is 1. The normalized spacial score (nSPS) is 10.5. The first kappa shape index (κ1) is 12.6. The number of hydrogen-bond donors (Lipinski definition) is 1. The molecule has 1 rings (SSSR count). The summed E-state index contributed by atoms with van der Waals surface area (Å²) >= 11 is 0. The molecule has 0 bridgehead atoms. The fourth-order valence-corrected chi connectivity index (χ4v) is 1.32. The van der Waals surface area contributed by atoms with Gasteiger partial charge in [0.25, 0.3) is 0 Å². The van der Waals surface area contributed by atoms with Crippen molar-refractivity contribution in [2.45, 2.75) is 26.7 Å². The van der Waals surface area contributed by atoms with E-state index in [0.29, 0.717) is 30.0 Å². The van der Waals surface area contributed by atoms with Crippen molar-refractivity contribution in [3.05, 3.63) is 12.1 Å². The summed E-state index contributed by atoms with van der Waals surface area (Å²) in [6.07, 6.45) is 2.15. The summed E-state index contributed by atoms with van der Waals surface area (Å²) in [7, 11) is 1.57. The van der Waals surface area contributed by atoms with Gasteiger partial charge in [0.05, 0.1) is 19.4 Å². The molecule has 0 aliphatic rings. The van der Waals surface area contributed by atoms with Gasteiger partial charge in [-0.05, 0) is 24.8 Å². The topological polar surface area (TPSA) is 57.4 Å². The second kappa shape index (κ2) is 6.20. The lowest BCUT2D eigenvalue weighted by Gasteiger charge is -2.09. The molecule has 16 heavy (non-hydrogen) atoms. The number of nitrogens with two attached hydrogens (primary N) is 1. The van der Waals surface area contributed by atoms with Crippen LogP contribution >= 0.6 is 0 Å². The van der Waals surface area contributed by atoms with Crippen molar-refractivity contribution in [1.29, 1.82) is 0 Å². The summed E-state index contributed by atoms with van der Waals surface area (Å²) in [6.45, 7) is 5.03. The van der Waals surface area contributed by atoms with Gasteiger partial charge in [0.2, 0.25) is 11.8 Å². The minimum Gasteiger partial charge on any atom is -0.481 e. The summed E-state index contributed by atoms with van der Waals surface area (Å²) in [5.74, 6) is 1.68. The Bertz CT molecular complexity index is 327. The number of nitrogen functional groups attached to an aromatic ring is 1. The summed E-state index contributed by atoms with van der Waals surface area (Å²) in [5.41, 5.74) is 6.29. The van der Waals surface area contributed by atoms with Gasteiger partial charge >= 0.3 is 0 Å². The van der Waals surface area contributed by atoms with E-state index in [1.807, 2.05) is 0 Å².